The van der Waals surface area contributed by atoms with Gasteiger partial charge in [-0.25, -0.2) is 4.79 Å². The van der Waals surface area contributed by atoms with E-state index >= 15 is 0 Å². The predicted molar refractivity (Wildman–Crippen MR) is 108 cm³/mol. The highest BCUT2D eigenvalue weighted by Crippen LogP contribution is 2.37. The molecule has 0 bridgehead atoms. The lowest BCUT2D eigenvalue weighted by atomic mass is 10.1. The Hall–Kier alpha value is -2.67. The van der Waals surface area contributed by atoms with Crippen molar-refractivity contribution in [3.63, 3.8) is 0 Å². The summed E-state index contributed by atoms with van der Waals surface area (Å²) in [6.07, 6.45) is 0.709. The van der Waals surface area contributed by atoms with Crippen molar-refractivity contribution in [1.82, 2.24) is 4.90 Å². The van der Waals surface area contributed by atoms with E-state index in [0.717, 1.165) is 23.3 Å². The molecular formula is C21H24N2O4S. The van der Waals surface area contributed by atoms with Gasteiger partial charge < -0.3 is 15.0 Å². The number of thiophene rings is 1. The minimum absolute atomic E-state index is 0.0268. The van der Waals surface area contributed by atoms with Gasteiger partial charge in [0.15, 0.2) is 0 Å². The lowest BCUT2D eigenvalue weighted by Gasteiger charge is -2.21. The Bertz CT molecular complexity index is 901. The highest BCUT2D eigenvalue weighted by molar-refractivity contribution is 7.16. The molecule has 1 aromatic carbocycles. The lowest BCUT2D eigenvalue weighted by Crippen LogP contribution is -2.31. The number of esters is 1. The number of amides is 2. The third-order valence-electron chi connectivity index (χ3n) is 4.77. The summed E-state index contributed by atoms with van der Waals surface area (Å²) in [6, 6.07) is 8.92. The number of benzene rings is 1. The number of hydrogen-bond acceptors (Lipinski definition) is 5. The summed E-state index contributed by atoms with van der Waals surface area (Å²) in [5.41, 5.74) is 1.68. The van der Waals surface area contributed by atoms with Gasteiger partial charge >= 0.3 is 5.97 Å². The second-order valence-corrected chi connectivity index (χ2v) is 8.40. The van der Waals surface area contributed by atoms with Crippen molar-refractivity contribution >= 4 is 34.1 Å². The first kappa shape index (κ1) is 20.1. The van der Waals surface area contributed by atoms with Gasteiger partial charge in [-0.2, -0.15) is 0 Å². The van der Waals surface area contributed by atoms with Crippen LogP contribution in [0.5, 0.6) is 0 Å². The topological polar surface area (TPSA) is 75.7 Å². The van der Waals surface area contributed by atoms with Crippen molar-refractivity contribution in [3.8, 4) is 0 Å². The Morgan fingerprint density at radius 2 is 1.79 bits per heavy atom. The molecule has 2 amide bonds. The Morgan fingerprint density at radius 3 is 2.36 bits per heavy atom. The molecule has 1 aliphatic carbocycles. The molecule has 1 N–H and O–H groups in total. The number of carbonyl (C=O) groups is 3. The summed E-state index contributed by atoms with van der Waals surface area (Å²) in [4.78, 5) is 40.2. The third kappa shape index (κ3) is 4.25. The number of carbonyl (C=O) groups excluding carboxylic acids is 3. The molecular weight excluding hydrogens is 376 g/mol. The highest BCUT2D eigenvalue weighted by Gasteiger charge is 2.33. The number of nitrogens with zero attached hydrogens (tertiary/aromatic N) is 1. The largest absolute Gasteiger partial charge is 0.444 e. The van der Waals surface area contributed by atoms with Crippen LogP contribution in [-0.4, -0.2) is 36.8 Å². The van der Waals surface area contributed by atoms with Crippen molar-refractivity contribution in [3.05, 3.63) is 51.9 Å². The Kier molecular flexibility index (Phi) is 5.84. The van der Waals surface area contributed by atoms with Gasteiger partial charge in [0.2, 0.25) is 12.0 Å². The predicted octanol–water partition coefficient (Wildman–Crippen LogP) is 3.70. The van der Waals surface area contributed by atoms with E-state index in [1.807, 2.05) is 19.9 Å². The average molecular weight is 401 g/mol. The van der Waals surface area contributed by atoms with E-state index in [-0.39, 0.29) is 17.7 Å². The quantitative estimate of drug-likeness (QED) is 0.750. The minimum Gasteiger partial charge on any atom is -0.444 e. The summed E-state index contributed by atoms with van der Waals surface area (Å²) in [5, 5.41) is 3.35. The normalized spacial score (nSPS) is 14.3. The van der Waals surface area contributed by atoms with Crippen LogP contribution in [0.3, 0.4) is 0 Å². The molecule has 6 nitrogen and oxygen atoms in total. The van der Waals surface area contributed by atoms with Gasteiger partial charge in [0.25, 0.3) is 5.91 Å². The van der Waals surface area contributed by atoms with Crippen LogP contribution in [0.1, 0.15) is 45.3 Å². The molecule has 1 aliphatic rings. The van der Waals surface area contributed by atoms with Crippen LogP contribution in [0.25, 0.3) is 0 Å². The van der Waals surface area contributed by atoms with E-state index < -0.39 is 12.1 Å². The van der Waals surface area contributed by atoms with Crippen LogP contribution in [0.4, 0.5) is 5.00 Å². The first-order valence-electron chi connectivity index (χ1n) is 9.17. The molecule has 7 heteroatoms. The van der Waals surface area contributed by atoms with E-state index in [4.69, 9.17) is 4.74 Å². The maximum absolute atomic E-state index is 13.0. The summed E-state index contributed by atoms with van der Waals surface area (Å²) >= 11 is 1.35. The number of likely N-dealkylation sites (N-methyl/N-ethyl adjacent to an activating group) is 1. The smallest absolute Gasteiger partial charge is 0.342 e. The Labute approximate surface area is 168 Å². The first-order chi connectivity index (χ1) is 13.3. The summed E-state index contributed by atoms with van der Waals surface area (Å²) in [5.74, 6) is -0.983. The minimum atomic E-state index is -1.05. The van der Waals surface area contributed by atoms with E-state index in [1.165, 1.54) is 16.2 Å². The molecule has 1 heterocycles. The van der Waals surface area contributed by atoms with Gasteiger partial charge in [-0.05, 0) is 32.3 Å². The molecule has 2 aromatic rings. The maximum Gasteiger partial charge on any atom is 0.342 e. The maximum atomic E-state index is 13.0. The highest BCUT2D eigenvalue weighted by atomic mass is 32.1. The number of rotatable bonds is 6. The molecule has 1 fully saturated rings. The molecule has 1 aromatic heterocycles. The van der Waals surface area contributed by atoms with Crippen LogP contribution in [0.15, 0.2) is 30.3 Å². The van der Waals surface area contributed by atoms with Crippen molar-refractivity contribution in [2.75, 3.05) is 19.4 Å². The van der Waals surface area contributed by atoms with Gasteiger partial charge in [0, 0.05) is 30.5 Å². The molecule has 148 valence electrons. The van der Waals surface area contributed by atoms with Crippen molar-refractivity contribution in [2.24, 2.45) is 5.92 Å². The van der Waals surface area contributed by atoms with Crippen molar-refractivity contribution in [1.29, 1.82) is 0 Å². The van der Waals surface area contributed by atoms with Crippen molar-refractivity contribution in [2.45, 2.75) is 32.8 Å². The summed E-state index contributed by atoms with van der Waals surface area (Å²) in [7, 11) is 3.24. The standard InChI is InChI=1S/C21H24N2O4S/c1-12-13(2)28-19(22-18(24)15-10-11-15)16(12)21(26)27-17(20(25)23(3)4)14-8-6-5-7-9-14/h5-9,15,17H,10-11H2,1-4H3,(H,22,24)/t17-/m0/s1. The number of aryl methyl sites for hydroxylation is 1. The molecule has 3 rings (SSSR count). The fourth-order valence-electron chi connectivity index (χ4n) is 2.81. The monoisotopic (exact) mass is 400 g/mol. The second-order valence-electron chi connectivity index (χ2n) is 7.18. The van der Waals surface area contributed by atoms with Gasteiger partial charge in [-0.15, -0.1) is 11.3 Å². The van der Waals surface area contributed by atoms with Crippen LogP contribution < -0.4 is 5.32 Å². The zero-order valence-electron chi connectivity index (χ0n) is 16.4. The van der Waals surface area contributed by atoms with E-state index in [9.17, 15) is 14.4 Å². The van der Waals surface area contributed by atoms with Crippen LogP contribution >= 0.6 is 11.3 Å². The number of hydrogen-bond donors (Lipinski definition) is 1. The molecule has 0 radical (unpaired) electrons. The average Bonchev–Trinajstić information content (AvgIpc) is 3.47. The number of anilines is 1. The van der Waals surface area contributed by atoms with Gasteiger partial charge in [-0.3, -0.25) is 9.59 Å². The van der Waals surface area contributed by atoms with E-state index in [0.29, 0.717) is 16.1 Å². The summed E-state index contributed by atoms with van der Waals surface area (Å²) in [6.45, 7) is 3.71. The zero-order chi connectivity index (χ0) is 20.4. The molecule has 28 heavy (non-hydrogen) atoms. The van der Waals surface area contributed by atoms with Crippen LogP contribution in [0, 0.1) is 19.8 Å². The van der Waals surface area contributed by atoms with Crippen LogP contribution in [0.2, 0.25) is 0 Å². The molecule has 0 saturated heterocycles. The lowest BCUT2D eigenvalue weighted by molar-refractivity contribution is -0.138. The van der Waals surface area contributed by atoms with Gasteiger partial charge in [0.1, 0.15) is 5.00 Å². The third-order valence-corrected chi connectivity index (χ3v) is 5.89. The molecule has 0 aliphatic heterocycles. The van der Waals surface area contributed by atoms with Crippen LogP contribution in [-0.2, 0) is 14.3 Å². The first-order valence-corrected chi connectivity index (χ1v) is 9.99. The Balaban J connectivity index is 1.89. The second kappa shape index (κ2) is 8.14. The number of ether oxygens (including phenoxy) is 1. The SMILES string of the molecule is Cc1sc(NC(=O)C2CC2)c(C(=O)O[C@H](C(=O)N(C)C)c2ccccc2)c1C. The number of nitrogens with one attached hydrogen (secondary N) is 1. The molecule has 1 saturated carbocycles. The van der Waals surface area contributed by atoms with Gasteiger partial charge in [0.05, 0.1) is 5.56 Å². The molecule has 1 atom stereocenters. The molecule has 0 spiro atoms. The molecule has 0 unspecified atom stereocenters. The van der Waals surface area contributed by atoms with E-state index in [1.54, 1.807) is 38.4 Å². The Morgan fingerprint density at radius 1 is 1.14 bits per heavy atom. The summed E-state index contributed by atoms with van der Waals surface area (Å²) < 4.78 is 5.66. The fourth-order valence-corrected chi connectivity index (χ4v) is 3.86. The van der Waals surface area contributed by atoms with E-state index in [2.05, 4.69) is 5.32 Å². The zero-order valence-corrected chi connectivity index (χ0v) is 17.3. The fraction of sp³-hybridized carbons (Fsp3) is 0.381. The van der Waals surface area contributed by atoms with Gasteiger partial charge in [-0.1, -0.05) is 30.3 Å². The van der Waals surface area contributed by atoms with Crippen molar-refractivity contribution < 1.29 is 19.1 Å².